The minimum Gasteiger partial charge on any atom is -0.497 e. The molecule has 1 atom stereocenters. The lowest BCUT2D eigenvalue weighted by Crippen LogP contribution is -2.43. The molecule has 1 aliphatic rings. The monoisotopic (exact) mass is 423 g/mol. The summed E-state index contributed by atoms with van der Waals surface area (Å²) in [6, 6.07) is 11.9. The Bertz CT molecular complexity index is 868. The summed E-state index contributed by atoms with van der Waals surface area (Å²) in [6.07, 6.45) is -5.21. The molecule has 30 heavy (non-hydrogen) atoms. The van der Waals surface area contributed by atoms with Crippen LogP contribution in [0.25, 0.3) is 0 Å². The first-order chi connectivity index (χ1) is 14.3. The quantitative estimate of drug-likeness (QED) is 0.625. The van der Waals surface area contributed by atoms with Crippen LogP contribution in [0.15, 0.2) is 42.5 Å². The topological polar surface area (TPSA) is 48.0 Å². The minimum absolute atomic E-state index is 0.0143. The number of carbonyl (C=O) groups excluding carboxylic acids is 1. The second-order valence-corrected chi connectivity index (χ2v) is 7.05. The number of rotatable bonds is 8. The van der Waals surface area contributed by atoms with Gasteiger partial charge in [-0.2, -0.15) is 13.2 Å². The van der Waals surface area contributed by atoms with Gasteiger partial charge in [0.25, 0.3) is 0 Å². The highest BCUT2D eigenvalue weighted by atomic mass is 19.4. The second kappa shape index (κ2) is 9.28. The van der Waals surface area contributed by atoms with Crippen molar-refractivity contribution in [2.75, 3.05) is 27.4 Å². The number of hydrogen-bond acceptors (Lipinski definition) is 4. The third kappa shape index (κ3) is 5.37. The van der Waals surface area contributed by atoms with Gasteiger partial charge in [0.15, 0.2) is 0 Å². The van der Waals surface area contributed by atoms with Crippen LogP contribution >= 0.6 is 0 Å². The van der Waals surface area contributed by atoms with Gasteiger partial charge in [0.1, 0.15) is 23.9 Å². The summed E-state index contributed by atoms with van der Waals surface area (Å²) in [4.78, 5) is 14.2. The molecular weight excluding hydrogens is 399 g/mol. The van der Waals surface area contributed by atoms with Gasteiger partial charge in [-0.1, -0.05) is 6.07 Å². The number of hydrogen-bond donors (Lipinski definition) is 0. The van der Waals surface area contributed by atoms with E-state index in [2.05, 4.69) is 0 Å². The molecule has 1 unspecified atom stereocenters. The van der Waals surface area contributed by atoms with E-state index < -0.39 is 18.6 Å². The number of halogens is 3. The Hall–Kier alpha value is -2.90. The van der Waals surface area contributed by atoms with Gasteiger partial charge in [-0.25, -0.2) is 0 Å². The molecule has 1 amide bonds. The van der Waals surface area contributed by atoms with E-state index in [-0.39, 0.29) is 31.9 Å². The molecule has 0 saturated carbocycles. The predicted molar refractivity (Wildman–Crippen MR) is 105 cm³/mol. The Morgan fingerprint density at radius 3 is 2.27 bits per heavy atom. The van der Waals surface area contributed by atoms with Crippen LogP contribution in [0.3, 0.4) is 0 Å². The van der Waals surface area contributed by atoms with Gasteiger partial charge in [0.05, 0.1) is 26.7 Å². The van der Waals surface area contributed by atoms with Crippen molar-refractivity contribution in [2.24, 2.45) is 0 Å². The number of benzene rings is 2. The van der Waals surface area contributed by atoms with Gasteiger partial charge >= 0.3 is 6.18 Å². The first-order valence-corrected chi connectivity index (χ1v) is 9.60. The standard InChI is InChI=1S/C22H24F3NO4/c1-28-16-4-6-17(7-5-16)30-14-20-19-9-8-18(29-2)12-15(19)13-21(27)26(20)11-3-10-22(23,24)25/h4-9,12,20H,3,10-11,13-14H2,1-2H3. The highest BCUT2D eigenvalue weighted by molar-refractivity contribution is 5.82. The third-order valence-electron chi connectivity index (χ3n) is 5.07. The van der Waals surface area contributed by atoms with Gasteiger partial charge < -0.3 is 19.1 Å². The van der Waals surface area contributed by atoms with Crippen molar-refractivity contribution in [2.45, 2.75) is 31.5 Å². The number of nitrogens with zero attached hydrogens (tertiary/aromatic N) is 1. The Morgan fingerprint density at radius 2 is 1.63 bits per heavy atom. The van der Waals surface area contributed by atoms with E-state index in [4.69, 9.17) is 14.2 Å². The Morgan fingerprint density at radius 1 is 1.00 bits per heavy atom. The third-order valence-corrected chi connectivity index (χ3v) is 5.07. The van der Waals surface area contributed by atoms with E-state index in [9.17, 15) is 18.0 Å². The fraction of sp³-hybridized carbons (Fsp3) is 0.409. The summed E-state index contributed by atoms with van der Waals surface area (Å²) in [6.45, 7) is 0.143. The lowest BCUT2D eigenvalue weighted by Gasteiger charge is -2.37. The molecule has 2 aromatic carbocycles. The van der Waals surface area contributed by atoms with Crippen LogP contribution in [-0.4, -0.2) is 44.4 Å². The average Bonchev–Trinajstić information content (AvgIpc) is 2.72. The van der Waals surface area contributed by atoms with Crippen LogP contribution in [0.1, 0.15) is 30.0 Å². The number of alkyl halides is 3. The van der Waals surface area contributed by atoms with E-state index in [0.717, 1.165) is 11.1 Å². The van der Waals surface area contributed by atoms with Crippen LogP contribution < -0.4 is 14.2 Å². The fourth-order valence-corrected chi connectivity index (χ4v) is 3.55. The molecule has 2 aromatic rings. The van der Waals surface area contributed by atoms with Crippen molar-refractivity contribution in [1.82, 2.24) is 4.90 Å². The molecule has 5 nitrogen and oxygen atoms in total. The Balaban J connectivity index is 1.81. The van der Waals surface area contributed by atoms with Gasteiger partial charge in [-0.15, -0.1) is 0 Å². The molecule has 8 heteroatoms. The van der Waals surface area contributed by atoms with Crippen molar-refractivity contribution >= 4 is 5.91 Å². The molecule has 162 valence electrons. The molecule has 0 fully saturated rings. The summed E-state index contributed by atoms with van der Waals surface area (Å²) in [7, 11) is 3.10. The molecule has 0 aromatic heterocycles. The summed E-state index contributed by atoms with van der Waals surface area (Å²) in [5.41, 5.74) is 1.66. The van der Waals surface area contributed by atoms with Crippen molar-refractivity contribution in [3.8, 4) is 17.2 Å². The van der Waals surface area contributed by atoms with Crippen LogP contribution in [0.5, 0.6) is 17.2 Å². The number of methoxy groups -OCH3 is 2. The maximum Gasteiger partial charge on any atom is 0.389 e. The van der Waals surface area contributed by atoms with Gasteiger partial charge in [-0.05, 0) is 53.9 Å². The minimum atomic E-state index is -4.25. The Kier molecular flexibility index (Phi) is 6.74. The number of ether oxygens (including phenoxy) is 3. The molecule has 0 spiro atoms. The van der Waals surface area contributed by atoms with E-state index >= 15 is 0 Å². The molecule has 0 radical (unpaired) electrons. The zero-order chi connectivity index (χ0) is 21.7. The first kappa shape index (κ1) is 21.8. The predicted octanol–water partition coefficient (Wildman–Crippen LogP) is 4.55. The SMILES string of the molecule is COc1ccc(OCC2c3ccc(OC)cc3CC(=O)N2CCCC(F)(F)F)cc1. The van der Waals surface area contributed by atoms with Gasteiger partial charge in [-0.3, -0.25) is 4.79 Å². The molecule has 0 bridgehead atoms. The van der Waals surface area contributed by atoms with Crippen molar-refractivity contribution in [1.29, 1.82) is 0 Å². The first-order valence-electron chi connectivity index (χ1n) is 9.60. The van der Waals surface area contributed by atoms with Crippen molar-refractivity contribution in [3.63, 3.8) is 0 Å². The number of carbonyl (C=O) groups is 1. The van der Waals surface area contributed by atoms with Crippen molar-refractivity contribution < 1.29 is 32.2 Å². The molecule has 0 aliphatic carbocycles. The van der Waals surface area contributed by atoms with E-state index in [1.165, 1.54) is 4.90 Å². The molecule has 0 N–H and O–H groups in total. The maximum atomic E-state index is 12.7. The fourth-order valence-electron chi connectivity index (χ4n) is 3.55. The second-order valence-electron chi connectivity index (χ2n) is 7.05. The summed E-state index contributed by atoms with van der Waals surface area (Å²) in [5.74, 6) is 1.67. The highest BCUT2D eigenvalue weighted by Crippen LogP contribution is 2.34. The lowest BCUT2D eigenvalue weighted by molar-refractivity contribution is -0.142. The molecule has 0 saturated heterocycles. The average molecular weight is 423 g/mol. The smallest absolute Gasteiger partial charge is 0.389 e. The highest BCUT2D eigenvalue weighted by Gasteiger charge is 2.34. The maximum absolute atomic E-state index is 12.7. The number of amides is 1. The molecule has 1 heterocycles. The van der Waals surface area contributed by atoms with E-state index in [0.29, 0.717) is 17.2 Å². The molecule has 1 aliphatic heterocycles. The summed E-state index contributed by atoms with van der Waals surface area (Å²) >= 11 is 0. The zero-order valence-corrected chi connectivity index (χ0v) is 16.9. The summed E-state index contributed by atoms with van der Waals surface area (Å²) < 4.78 is 54.1. The molecular formula is C22H24F3NO4. The normalized spacial score (nSPS) is 16.2. The lowest BCUT2D eigenvalue weighted by atomic mass is 9.92. The largest absolute Gasteiger partial charge is 0.497 e. The van der Waals surface area contributed by atoms with Crippen LogP contribution in [-0.2, 0) is 11.2 Å². The Labute approximate surface area is 173 Å². The van der Waals surface area contributed by atoms with E-state index in [1.807, 2.05) is 6.07 Å². The van der Waals surface area contributed by atoms with Crippen LogP contribution in [0, 0.1) is 0 Å². The number of fused-ring (bicyclic) bond motifs is 1. The zero-order valence-electron chi connectivity index (χ0n) is 16.9. The van der Waals surface area contributed by atoms with Crippen LogP contribution in [0.4, 0.5) is 13.2 Å². The van der Waals surface area contributed by atoms with Gasteiger partial charge in [0, 0.05) is 13.0 Å². The van der Waals surface area contributed by atoms with Gasteiger partial charge in [0.2, 0.25) is 5.91 Å². The summed E-state index contributed by atoms with van der Waals surface area (Å²) in [5, 5.41) is 0. The van der Waals surface area contributed by atoms with Crippen LogP contribution in [0.2, 0.25) is 0 Å². The molecule has 3 rings (SSSR count). The van der Waals surface area contributed by atoms with E-state index in [1.54, 1.807) is 50.6 Å². The van der Waals surface area contributed by atoms with Crippen molar-refractivity contribution in [3.05, 3.63) is 53.6 Å².